The van der Waals surface area contributed by atoms with Crippen molar-refractivity contribution >= 4 is 12.4 Å². The highest BCUT2D eigenvalue weighted by atomic mass is 35.5. The van der Waals surface area contributed by atoms with E-state index in [1.165, 1.54) is 35.1 Å². The van der Waals surface area contributed by atoms with E-state index in [9.17, 15) is 0 Å². The quantitative estimate of drug-likeness (QED) is 0.820. The van der Waals surface area contributed by atoms with Crippen molar-refractivity contribution in [3.8, 4) is 0 Å². The summed E-state index contributed by atoms with van der Waals surface area (Å²) in [5, 5.41) is 0. The average molecular weight is 226 g/mol. The SMILES string of the molecule is Cc1cc(C)c([C@H](N)C2CC2)c(C)c1.Cl. The summed E-state index contributed by atoms with van der Waals surface area (Å²) < 4.78 is 0. The molecule has 1 aromatic rings. The standard InChI is InChI=1S/C13H19N.ClH/c1-8-6-9(2)12(10(3)7-8)13(14)11-4-5-11;/h6-7,11,13H,4-5,14H2,1-3H3;1H/t13-;/m1./s1. The first kappa shape index (κ1) is 12.5. The van der Waals surface area contributed by atoms with Crippen LogP contribution in [-0.4, -0.2) is 0 Å². The molecule has 1 atom stereocenters. The highest BCUT2D eigenvalue weighted by Crippen LogP contribution is 2.41. The van der Waals surface area contributed by atoms with E-state index in [2.05, 4.69) is 32.9 Å². The Hall–Kier alpha value is -0.530. The molecule has 0 heterocycles. The predicted octanol–water partition coefficient (Wildman–Crippen LogP) is 3.44. The molecular formula is C13H20ClN. The van der Waals surface area contributed by atoms with Gasteiger partial charge in [0.2, 0.25) is 0 Å². The van der Waals surface area contributed by atoms with Crippen LogP contribution in [0.4, 0.5) is 0 Å². The fourth-order valence-corrected chi connectivity index (χ4v) is 2.41. The Morgan fingerprint density at radius 1 is 1.13 bits per heavy atom. The number of aryl methyl sites for hydroxylation is 3. The lowest BCUT2D eigenvalue weighted by molar-refractivity contribution is 0.626. The maximum atomic E-state index is 6.25. The Morgan fingerprint density at radius 2 is 1.60 bits per heavy atom. The van der Waals surface area contributed by atoms with Crippen molar-refractivity contribution < 1.29 is 0 Å². The van der Waals surface area contributed by atoms with Gasteiger partial charge in [-0.15, -0.1) is 12.4 Å². The lowest BCUT2D eigenvalue weighted by Gasteiger charge is -2.17. The molecule has 0 saturated heterocycles. The Bertz CT molecular complexity index is 333. The Morgan fingerprint density at radius 3 is 2.00 bits per heavy atom. The Balaban J connectivity index is 0.00000112. The molecule has 1 fully saturated rings. The van der Waals surface area contributed by atoms with Crippen LogP contribution in [-0.2, 0) is 0 Å². The van der Waals surface area contributed by atoms with Crippen molar-refractivity contribution in [3.63, 3.8) is 0 Å². The first-order valence-corrected chi connectivity index (χ1v) is 5.43. The fraction of sp³-hybridized carbons (Fsp3) is 0.538. The molecule has 1 saturated carbocycles. The van der Waals surface area contributed by atoms with Gasteiger partial charge in [-0.2, -0.15) is 0 Å². The van der Waals surface area contributed by atoms with Gasteiger partial charge in [0.1, 0.15) is 0 Å². The summed E-state index contributed by atoms with van der Waals surface area (Å²) in [6, 6.07) is 4.76. The summed E-state index contributed by atoms with van der Waals surface area (Å²) in [6.45, 7) is 6.50. The Labute approximate surface area is 98.5 Å². The minimum atomic E-state index is 0. The van der Waals surface area contributed by atoms with Crippen LogP contribution < -0.4 is 5.73 Å². The van der Waals surface area contributed by atoms with Crippen molar-refractivity contribution in [1.82, 2.24) is 0 Å². The maximum absolute atomic E-state index is 6.25. The number of benzene rings is 1. The molecule has 1 aliphatic carbocycles. The molecule has 0 bridgehead atoms. The van der Waals surface area contributed by atoms with Crippen molar-refractivity contribution in [2.75, 3.05) is 0 Å². The summed E-state index contributed by atoms with van der Waals surface area (Å²) in [5.74, 6) is 0.745. The maximum Gasteiger partial charge on any atom is 0.0328 e. The van der Waals surface area contributed by atoms with E-state index in [0.29, 0.717) is 0 Å². The van der Waals surface area contributed by atoms with Gasteiger partial charge in [0.05, 0.1) is 0 Å². The average Bonchev–Trinajstić information content (AvgIpc) is 2.83. The van der Waals surface area contributed by atoms with Crippen LogP contribution in [0.15, 0.2) is 12.1 Å². The first-order valence-electron chi connectivity index (χ1n) is 5.43. The van der Waals surface area contributed by atoms with E-state index in [-0.39, 0.29) is 18.4 Å². The van der Waals surface area contributed by atoms with E-state index in [1.807, 2.05) is 0 Å². The van der Waals surface area contributed by atoms with E-state index in [1.54, 1.807) is 0 Å². The largest absolute Gasteiger partial charge is 0.324 e. The molecular weight excluding hydrogens is 206 g/mol. The monoisotopic (exact) mass is 225 g/mol. The second kappa shape index (κ2) is 4.54. The van der Waals surface area contributed by atoms with E-state index >= 15 is 0 Å². The molecule has 1 aliphatic rings. The molecule has 84 valence electrons. The summed E-state index contributed by atoms with van der Waals surface area (Å²) in [7, 11) is 0. The number of hydrogen-bond donors (Lipinski definition) is 1. The second-order valence-corrected chi connectivity index (χ2v) is 4.68. The molecule has 2 N–H and O–H groups in total. The van der Waals surface area contributed by atoms with Gasteiger partial charge in [-0.25, -0.2) is 0 Å². The number of halogens is 1. The van der Waals surface area contributed by atoms with Crippen molar-refractivity contribution in [3.05, 3.63) is 34.4 Å². The predicted molar refractivity (Wildman–Crippen MR) is 67.6 cm³/mol. The Kier molecular flexibility index (Phi) is 3.80. The molecule has 1 nitrogen and oxygen atoms in total. The van der Waals surface area contributed by atoms with E-state index in [4.69, 9.17) is 5.73 Å². The minimum Gasteiger partial charge on any atom is -0.324 e. The number of rotatable bonds is 2. The molecule has 0 radical (unpaired) electrons. The third kappa shape index (κ3) is 2.53. The van der Waals surface area contributed by atoms with Gasteiger partial charge >= 0.3 is 0 Å². The molecule has 0 unspecified atom stereocenters. The van der Waals surface area contributed by atoms with Crippen molar-refractivity contribution in [1.29, 1.82) is 0 Å². The summed E-state index contributed by atoms with van der Waals surface area (Å²) in [4.78, 5) is 0. The van der Waals surface area contributed by atoms with E-state index < -0.39 is 0 Å². The van der Waals surface area contributed by atoms with Gasteiger partial charge in [0.15, 0.2) is 0 Å². The normalized spacial score (nSPS) is 17.1. The van der Waals surface area contributed by atoms with Crippen LogP contribution >= 0.6 is 12.4 Å². The molecule has 0 spiro atoms. The van der Waals surface area contributed by atoms with Crippen LogP contribution in [0.5, 0.6) is 0 Å². The lowest BCUT2D eigenvalue weighted by Crippen LogP contribution is -2.15. The molecule has 2 heteroatoms. The summed E-state index contributed by atoms with van der Waals surface area (Å²) in [5.41, 5.74) is 11.7. The first-order chi connectivity index (χ1) is 6.59. The van der Waals surface area contributed by atoms with Gasteiger partial charge in [0.25, 0.3) is 0 Å². The molecule has 0 amide bonds. The van der Waals surface area contributed by atoms with Crippen LogP contribution in [0, 0.1) is 26.7 Å². The molecule has 0 aromatic heterocycles. The third-order valence-electron chi connectivity index (χ3n) is 3.20. The van der Waals surface area contributed by atoms with Gasteiger partial charge in [0, 0.05) is 6.04 Å². The van der Waals surface area contributed by atoms with Crippen molar-refractivity contribution in [2.24, 2.45) is 11.7 Å². The zero-order valence-electron chi connectivity index (χ0n) is 9.71. The van der Waals surface area contributed by atoms with Crippen LogP contribution in [0.2, 0.25) is 0 Å². The van der Waals surface area contributed by atoms with Crippen LogP contribution in [0.3, 0.4) is 0 Å². The van der Waals surface area contributed by atoms with Crippen molar-refractivity contribution in [2.45, 2.75) is 39.7 Å². The zero-order chi connectivity index (χ0) is 10.3. The second-order valence-electron chi connectivity index (χ2n) is 4.68. The molecule has 0 aliphatic heterocycles. The summed E-state index contributed by atoms with van der Waals surface area (Å²) in [6.07, 6.45) is 2.63. The topological polar surface area (TPSA) is 26.0 Å². The summed E-state index contributed by atoms with van der Waals surface area (Å²) >= 11 is 0. The smallest absolute Gasteiger partial charge is 0.0328 e. The van der Waals surface area contributed by atoms with E-state index in [0.717, 1.165) is 5.92 Å². The van der Waals surface area contributed by atoms with Crippen LogP contribution in [0.1, 0.15) is 41.1 Å². The highest BCUT2D eigenvalue weighted by Gasteiger charge is 2.31. The van der Waals surface area contributed by atoms with Gasteiger partial charge in [-0.05, 0) is 56.2 Å². The lowest BCUT2D eigenvalue weighted by atomic mass is 9.92. The number of nitrogens with two attached hydrogens (primary N) is 1. The molecule has 1 aromatic carbocycles. The highest BCUT2D eigenvalue weighted by molar-refractivity contribution is 5.85. The minimum absolute atomic E-state index is 0. The van der Waals surface area contributed by atoms with Gasteiger partial charge in [-0.1, -0.05) is 17.7 Å². The number of hydrogen-bond acceptors (Lipinski definition) is 1. The molecule has 15 heavy (non-hydrogen) atoms. The fourth-order valence-electron chi connectivity index (χ4n) is 2.41. The van der Waals surface area contributed by atoms with Gasteiger partial charge < -0.3 is 5.73 Å². The van der Waals surface area contributed by atoms with Gasteiger partial charge in [-0.3, -0.25) is 0 Å². The third-order valence-corrected chi connectivity index (χ3v) is 3.20. The zero-order valence-corrected chi connectivity index (χ0v) is 10.5. The molecule has 2 rings (SSSR count). The van der Waals surface area contributed by atoms with Crippen LogP contribution in [0.25, 0.3) is 0 Å².